The number of para-hydroxylation sites is 1. The highest BCUT2D eigenvalue weighted by atomic mass is 15.3. The van der Waals surface area contributed by atoms with E-state index in [0.29, 0.717) is 5.56 Å². The molecule has 3 aromatic heterocycles. The SMILES string of the molecule is CC(C)c1nn(-c2ccc(C#N)cc2)c2nccc(-c3cnc4ccccc4c3)c12. The number of nitriles is 1. The third-order valence-corrected chi connectivity index (χ3v) is 5.28. The van der Waals surface area contributed by atoms with Crippen molar-refractivity contribution in [3.05, 3.63) is 84.3 Å². The first-order valence-corrected chi connectivity index (χ1v) is 9.89. The second kappa shape index (κ2) is 7.09. The Balaban J connectivity index is 1.77. The van der Waals surface area contributed by atoms with Crippen LogP contribution in [0.4, 0.5) is 0 Å². The minimum atomic E-state index is 0.225. The predicted molar refractivity (Wildman–Crippen MR) is 118 cm³/mol. The van der Waals surface area contributed by atoms with Gasteiger partial charge in [0.05, 0.1) is 33.9 Å². The maximum Gasteiger partial charge on any atom is 0.163 e. The van der Waals surface area contributed by atoms with E-state index >= 15 is 0 Å². The van der Waals surface area contributed by atoms with Crippen molar-refractivity contribution in [3.63, 3.8) is 0 Å². The van der Waals surface area contributed by atoms with Gasteiger partial charge < -0.3 is 0 Å². The fourth-order valence-corrected chi connectivity index (χ4v) is 3.79. The molecule has 0 bridgehead atoms. The normalized spacial score (nSPS) is 11.3. The van der Waals surface area contributed by atoms with Gasteiger partial charge in [-0.1, -0.05) is 32.0 Å². The van der Waals surface area contributed by atoms with Crippen LogP contribution in [0.25, 0.3) is 38.8 Å². The smallest absolute Gasteiger partial charge is 0.163 e. The Bertz CT molecular complexity index is 1420. The highest BCUT2D eigenvalue weighted by molar-refractivity contribution is 5.97. The van der Waals surface area contributed by atoms with Crippen molar-refractivity contribution >= 4 is 21.9 Å². The second-order valence-corrected chi connectivity index (χ2v) is 7.58. The quantitative estimate of drug-likeness (QED) is 0.401. The average molecular weight is 389 g/mol. The number of aromatic nitrogens is 4. The molecule has 5 rings (SSSR count). The molecule has 0 aliphatic carbocycles. The number of nitrogens with zero attached hydrogens (tertiary/aromatic N) is 5. The molecule has 0 atom stereocenters. The summed E-state index contributed by atoms with van der Waals surface area (Å²) >= 11 is 0. The van der Waals surface area contributed by atoms with Crippen molar-refractivity contribution in [1.29, 1.82) is 5.26 Å². The van der Waals surface area contributed by atoms with Crippen LogP contribution in [0.2, 0.25) is 0 Å². The summed E-state index contributed by atoms with van der Waals surface area (Å²) in [7, 11) is 0. The second-order valence-electron chi connectivity index (χ2n) is 7.58. The van der Waals surface area contributed by atoms with Gasteiger partial charge in [-0.2, -0.15) is 10.4 Å². The first-order chi connectivity index (χ1) is 14.7. The lowest BCUT2D eigenvalue weighted by Crippen LogP contribution is -1.98. The lowest BCUT2D eigenvalue weighted by atomic mass is 9.98. The van der Waals surface area contributed by atoms with Crippen LogP contribution in [0.5, 0.6) is 0 Å². The summed E-state index contributed by atoms with van der Waals surface area (Å²) in [5, 5.41) is 16.1. The van der Waals surface area contributed by atoms with Crippen LogP contribution in [0.1, 0.15) is 31.0 Å². The lowest BCUT2D eigenvalue weighted by Gasteiger charge is -2.08. The zero-order chi connectivity index (χ0) is 20.7. The zero-order valence-corrected chi connectivity index (χ0v) is 16.7. The van der Waals surface area contributed by atoms with E-state index in [1.165, 1.54) is 0 Å². The Hall–Kier alpha value is -4.04. The van der Waals surface area contributed by atoms with E-state index < -0.39 is 0 Å². The summed E-state index contributed by atoms with van der Waals surface area (Å²) in [6.45, 7) is 4.28. The Morgan fingerprint density at radius 3 is 2.53 bits per heavy atom. The highest BCUT2D eigenvalue weighted by Crippen LogP contribution is 2.35. The molecule has 0 aliphatic rings. The van der Waals surface area contributed by atoms with Gasteiger partial charge in [-0.05, 0) is 53.9 Å². The predicted octanol–water partition coefficient (Wildman–Crippen LogP) is 5.63. The van der Waals surface area contributed by atoms with Crippen molar-refractivity contribution in [2.24, 2.45) is 0 Å². The van der Waals surface area contributed by atoms with Crippen molar-refractivity contribution in [3.8, 4) is 22.9 Å². The van der Waals surface area contributed by atoms with E-state index in [1.807, 2.05) is 53.5 Å². The van der Waals surface area contributed by atoms with Gasteiger partial charge in [0.1, 0.15) is 0 Å². The van der Waals surface area contributed by atoms with Crippen LogP contribution in [-0.2, 0) is 0 Å². The van der Waals surface area contributed by atoms with E-state index in [4.69, 9.17) is 10.4 Å². The molecule has 0 unspecified atom stereocenters. The van der Waals surface area contributed by atoms with E-state index in [9.17, 15) is 0 Å². The molecule has 0 radical (unpaired) electrons. The molecular formula is C25H19N5. The largest absolute Gasteiger partial charge is 0.256 e. The Morgan fingerprint density at radius 1 is 0.967 bits per heavy atom. The number of hydrogen-bond donors (Lipinski definition) is 0. The molecule has 0 fully saturated rings. The van der Waals surface area contributed by atoms with Gasteiger partial charge in [0.15, 0.2) is 5.65 Å². The van der Waals surface area contributed by atoms with Gasteiger partial charge >= 0.3 is 0 Å². The van der Waals surface area contributed by atoms with Crippen LogP contribution in [-0.4, -0.2) is 19.7 Å². The molecule has 0 aliphatic heterocycles. The molecule has 5 aromatic rings. The average Bonchev–Trinajstić information content (AvgIpc) is 3.19. The summed E-state index contributed by atoms with van der Waals surface area (Å²) in [6, 6.07) is 21.9. The third kappa shape index (κ3) is 2.90. The van der Waals surface area contributed by atoms with E-state index in [1.54, 1.807) is 12.1 Å². The topological polar surface area (TPSA) is 67.4 Å². The van der Waals surface area contributed by atoms with Gasteiger partial charge in [-0.25, -0.2) is 9.67 Å². The zero-order valence-electron chi connectivity index (χ0n) is 16.7. The minimum absolute atomic E-state index is 0.225. The van der Waals surface area contributed by atoms with Gasteiger partial charge in [0, 0.05) is 23.3 Å². The number of hydrogen-bond acceptors (Lipinski definition) is 4. The Labute approximate surface area is 174 Å². The molecular weight excluding hydrogens is 370 g/mol. The molecule has 3 heterocycles. The molecule has 0 amide bonds. The lowest BCUT2D eigenvalue weighted by molar-refractivity contribution is 0.776. The highest BCUT2D eigenvalue weighted by Gasteiger charge is 2.20. The summed E-state index contributed by atoms with van der Waals surface area (Å²) in [5.74, 6) is 0.225. The third-order valence-electron chi connectivity index (χ3n) is 5.28. The Kier molecular flexibility index (Phi) is 4.26. The van der Waals surface area contributed by atoms with Crippen molar-refractivity contribution in [2.45, 2.75) is 19.8 Å². The van der Waals surface area contributed by atoms with Gasteiger partial charge in [-0.15, -0.1) is 0 Å². The molecule has 0 spiro atoms. The molecule has 5 heteroatoms. The summed E-state index contributed by atoms with van der Waals surface area (Å²) in [6.07, 6.45) is 3.74. The van der Waals surface area contributed by atoms with Crippen LogP contribution in [0.15, 0.2) is 73.1 Å². The molecule has 0 saturated carbocycles. The Morgan fingerprint density at radius 2 is 1.77 bits per heavy atom. The monoisotopic (exact) mass is 389 g/mol. The number of fused-ring (bicyclic) bond motifs is 2. The van der Waals surface area contributed by atoms with Gasteiger partial charge in [-0.3, -0.25) is 4.98 Å². The maximum absolute atomic E-state index is 9.09. The van der Waals surface area contributed by atoms with Gasteiger partial charge in [0.25, 0.3) is 0 Å². The number of pyridine rings is 2. The fraction of sp³-hybridized carbons (Fsp3) is 0.120. The van der Waals surface area contributed by atoms with E-state index in [2.05, 4.69) is 42.0 Å². The van der Waals surface area contributed by atoms with E-state index in [-0.39, 0.29) is 5.92 Å². The first-order valence-electron chi connectivity index (χ1n) is 9.89. The van der Waals surface area contributed by atoms with Crippen molar-refractivity contribution in [2.75, 3.05) is 0 Å². The summed E-state index contributed by atoms with van der Waals surface area (Å²) in [4.78, 5) is 9.31. The standard InChI is InChI=1S/C25H19N5/c1-16(2)24-23-21(19-13-18-5-3-4-6-22(18)28-15-19)11-12-27-25(23)30(29-24)20-9-7-17(14-26)8-10-20/h3-13,15-16H,1-2H3. The molecule has 30 heavy (non-hydrogen) atoms. The van der Waals surface area contributed by atoms with Crippen LogP contribution in [0, 0.1) is 11.3 Å². The molecule has 2 aromatic carbocycles. The fourth-order valence-electron chi connectivity index (χ4n) is 3.79. The summed E-state index contributed by atoms with van der Waals surface area (Å²) in [5.41, 5.74) is 6.38. The van der Waals surface area contributed by atoms with Crippen LogP contribution >= 0.6 is 0 Å². The molecule has 144 valence electrons. The van der Waals surface area contributed by atoms with Gasteiger partial charge in [0.2, 0.25) is 0 Å². The number of rotatable bonds is 3. The van der Waals surface area contributed by atoms with Crippen LogP contribution in [0.3, 0.4) is 0 Å². The minimum Gasteiger partial charge on any atom is -0.256 e. The van der Waals surface area contributed by atoms with E-state index in [0.717, 1.165) is 44.4 Å². The molecule has 0 saturated heterocycles. The van der Waals surface area contributed by atoms with Crippen molar-refractivity contribution in [1.82, 2.24) is 19.7 Å². The van der Waals surface area contributed by atoms with Crippen molar-refractivity contribution < 1.29 is 0 Å². The van der Waals surface area contributed by atoms with Crippen LogP contribution < -0.4 is 0 Å². The number of benzene rings is 2. The molecule has 5 nitrogen and oxygen atoms in total. The first kappa shape index (κ1) is 18.0. The summed E-state index contributed by atoms with van der Waals surface area (Å²) < 4.78 is 1.86. The molecule has 0 N–H and O–H groups in total. The maximum atomic E-state index is 9.09.